The van der Waals surface area contributed by atoms with E-state index >= 15 is 0 Å². The minimum atomic E-state index is -0.761. The van der Waals surface area contributed by atoms with Gasteiger partial charge in [0.1, 0.15) is 5.54 Å². The van der Waals surface area contributed by atoms with E-state index in [2.05, 4.69) is 45.6 Å². The van der Waals surface area contributed by atoms with Crippen molar-refractivity contribution in [1.82, 2.24) is 20.5 Å². The SMILES string of the molecule is CCc1ccc(-c2nc(SCC(=O)NC(C)(C#N)C3CC3)n[nH]2)cc1. The number of nitrogens with zero attached hydrogens (tertiary/aromatic N) is 3. The molecule has 0 bridgehead atoms. The van der Waals surface area contributed by atoms with Crippen LogP contribution in [0.5, 0.6) is 0 Å². The van der Waals surface area contributed by atoms with Crippen molar-refractivity contribution in [2.45, 2.75) is 43.8 Å². The molecular formula is C18H21N5OS. The van der Waals surface area contributed by atoms with Gasteiger partial charge in [0.15, 0.2) is 5.82 Å². The number of amides is 1. The number of aromatic amines is 1. The number of nitriles is 1. The Bertz CT molecular complexity index is 791. The molecule has 1 fully saturated rings. The highest BCUT2D eigenvalue weighted by Crippen LogP contribution is 2.39. The molecule has 1 amide bonds. The quantitative estimate of drug-likeness (QED) is 0.745. The van der Waals surface area contributed by atoms with Gasteiger partial charge < -0.3 is 5.32 Å². The number of thioether (sulfide) groups is 1. The first-order valence-electron chi connectivity index (χ1n) is 8.41. The number of hydrogen-bond donors (Lipinski definition) is 2. The zero-order chi connectivity index (χ0) is 17.9. The lowest BCUT2D eigenvalue weighted by Gasteiger charge is -2.22. The first-order chi connectivity index (χ1) is 12.0. The third-order valence-corrected chi connectivity index (χ3v) is 5.31. The van der Waals surface area contributed by atoms with E-state index in [1.54, 1.807) is 6.92 Å². The molecule has 130 valence electrons. The number of benzene rings is 1. The van der Waals surface area contributed by atoms with Gasteiger partial charge in [-0.3, -0.25) is 9.89 Å². The highest BCUT2D eigenvalue weighted by atomic mass is 32.2. The molecule has 1 aromatic heterocycles. The van der Waals surface area contributed by atoms with Crippen molar-refractivity contribution < 1.29 is 4.79 Å². The van der Waals surface area contributed by atoms with E-state index < -0.39 is 5.54 Å². The van der Waals surface area contributed by atoms with Crippen LogP contribution in [0.25, 0.3) is 11.4 Å². The Morgan fingerprint density at radius 3 is 2.76 bits per heavy atom. The summed E-state index contributed by atoms with van der Waals surface area (Å²) >= 11 is 1.26. The van der Waals surface area contributed by atoms with Gasteiger partial charge in [-0.1, -0.05) is 43.0 Å². The van der Waals surface area contributed by atoms with Gasteiger partial charge in [-0.05, 0) is 37.7 Å². The zero-order valence-corrected chi connectivity index (χ0v) is 15.2. The van der Waals surface area contributed by atoms with E-state index in [4.69, 9.17) is 0 Å². The third-order valence-electron chi connectivity index (χ3n) is 4.46. The van der Waals surface area contributed by atoms with E-state index in [0.29, 0.717) is 11.0 Å². The lowest BCUT2D eigenvalue weighted by Crippen LogP contribution is -2.47. The van der Waals surface area contributed by atoms with Crippen LogP contribution in [0.2, 0.25) is 0 Å². The van der Waals surface area contributed by atoms with Crippen LogP contribution >= 0.6 is 11.8 Å². The molecule has 1 atom stereocenters. The van der Waals surface area contributed by atoms with Crippen LogP contribution in [0.3, 0.4) is 0 Å². The molecule has 2 aromatic rings. The lowest BCUT2D eigenvalue weighted by molar-refractivity contribution is -0.119. The van der Waals surface area contributed by atoms with Gasteiger partial charge in [0.2, 0.25) is 11.1 Å². The van der Waals surface area contributed by atoms with Crippen LogP contribution in [0.1, 0.15) is 32.3 Å². The molecule has 1 saturated carbocycles. The summed E-state index contributed by atoms with van der Waals surface area (Å²) in [4.78, 5) is 16.5. The second kappa shape index (κ2) is 7.28. The van der Waals surface area contributed by atoms with Gasteiger partial charge in [-0.2, -0.15) is 5.26 Å². The molecule has 0 spiro atoms. The highest BCUT2D eigenvalue weighted by Gasteiger charge is 2.42. The molecule has 6 nitrogen and oxygen atoms in total. The molecule has 1 aliphatic rings. The van der Waals surface area contributed by atoms with E-state index in [1.807, 2.05) is 12.1 Å². The van der Waals surface area contributed by atoms with Gasteiger partial charge >= 0.3 is 0 Å². The minimum Gasteiger partial charge on any atom is -0.337 e. The second-order valence-electron chi connectivity index (χ2n) is 6.44. The van der Waals surface area contributed by atoms with Crippen molar-refractivity contribution in [2.75, 3.05) is 5.75 Å². The molecule has 1 aromatic carbocycles. The Kier molecular flexibility index (Phi) is 5.09. The van der Waals surface area contributed by atoms with Gasteiger partial charge in [0.05, 0.1) is 11.8 Å². The average molecular weight is 355 g/mol. The number of aryl methyl sites for hydroxylation is 1. The summed E-state index contributed by atoms with van der Waals surface area (Å²) in [6.07, 6.45) is 2.99. The monoisotopic (exact) mass is 355 g/mol. The zero-order valence-electron chi connectivity index (χ0n) is 14.4. The van der Waals surface area contributed by atoms with E-state index in [0.717, 1.165) is 24.8 Å². The van der Waals surface area contributed by atoms with Crippen molar-refractivity contribution in [3.05, 3.63) is 29.8 Å². The van der Waals surface area contributed by atoms with Crippen LogP contribution in [-0.2, 0) is 11.2 Å². The van der Waals surface area contributed by atoms with Crippen LogP contribution in [0.15, 0.2) is 29.4 Å². The maximum atomic E-state index is 12.1. The first-order valence-corrected chi connectivity index (χ1v) is 9.39. The molecule has 0 radical (unpaired) electrons. The van der Waals surface area contributed by atoms with Crippen LogP contribution in [0, 0.1) is 17.2 Å². The van der Waals surface area contributed by atoms with E-state index in [-0.39, 0.29) is 17.6 Å². The molecule has 1 aliphatic carbocycles. The molecule has 3 rings (SSSR count). The van der Waals surface area contributed by atoms with Gasteiger partial charge in [0.25, 0.3) is 0 Å². The predicted molar refractivity (Wildman–Crippen MR) is 96.8 cm³/mol. The molecule has 0 saturated heterocycles. The minimum absolute atomic E-state index is 0.167. The molecule has 7 heteroatoms. The van der Waals surface area contributed by atoms with Crippen molar-refractivity contribution >= 4 is 17.7 Å². The van der Waals surface area contributed by atoms with Crippen molar-refractivity contribution in [3.8, 4) is 17.5 Å². The predicted octanol–water partition coefficient (Wildman–Crippen LogP) is 2.93. The fourth-order valence-electron chi connectivity index (χ4n) is 2.68. The first kappa shape index (κ1) is 17.5. The Balaban J connectivity index is 1.56. The van der Waals surface area contributed by atoms with Gasteiger partial charge in [-0.15, -0.1) is 5.10 Å². The van der Waals surface area contributed by atoms with Crippen molar-refractivity contribution in [2.24, 2.45) is 5.92 Å². The maximum Gasteiger partial charge on any atom is 0.231 e. The fourth-order valence-corrected chi connectivity index (χ4v) is 3.27. The summed E-state index contributed by atoms with van der Waals surface area (Å²) in [5, 5.41) is 19.7. The smallest absolute Gasteiger partial charge is 0.231 e. The van der Waals surface area contributed by atoms with Crippen molar-refractivity contribution in [1.29, 1.82) is 5.26 Å². The summed E-state index contributed by atoms with van der Waals surface area (Å²) in [5.74, 6) is 0.980. The van der Waals surface area contributed by atoms with Crippen LogP contribution < -0.4 is 5.32 Å². The Labute approximate surface area is 151 Å². The average Bonchev–Trinajstić information content (AvgIpc) is 3.39. The number of H-pyrrole nitrogens is 1. The molecule has 25 heavy (non-hydrogen) atoms. The normalized spacial score (nSPS) is 16.0. The largest absolute Gasteiger partial charge is 0.337 e. The second-order valence-corrected chi connectivity index (χ2v) is 7.38. The Hall–Kier alpha value is -2.33. The number of aromatic nitrogens is 3. The number of carbonyl (C=O) groups excluding carboxylic acids is 1. The summed E-state index contributed by atoms with van der Waals surface area (Å²) in [6, 6.07) is 10.4. The fraction of sp³-hybridized carbons (Fsp3) is 0.444. The van der Waals surface area contributed by atoms with E-state index in [9.17, 15) is 10.1 Å². The lowest BCUT2D eigenvalue weighted by atomic mass is 9.98. The Morgan fingerprint density at radius 2 is 2.16 bits per heavy atom. The number of nitrogens with one attached hydrogen (secondary N) is 2. The molecular weight excluding hydrogens is 334 g/mol. The summed E-state index contributed by atoms with van der Waals surface area (Å²) < 4.78 is 0. The number of rotatable bonds is 7. The number of carbonyl (C=O) groups is 1. The van der Waals surface area contributed by atoms with Crippen molar-refractivity contribution in [3.63, 3.8) is 0 Å². The maximum absolute atomic E-state index is 12.1. The molecule has 1 heterocycles. The molecule has 1 unspecified atom stereocenters. The topological polar surface area (TPSA) is 94.5 Å². The number of hydrogen-bond acceptors (Lipinski definition) is 5. The van der Waals surface area contributed by atoms with Gasteiger partial charge in [-0.25, -0.2) is 4.98 Å². The summed E-state index contributed by atoms with van der Waals surface area (Å²) in [7, 11) is 0. The third kappa shape index (κ3) is 4.20. The van der Waals surface area contributed by atoms with Crippen LogP contribution in [0.4, 0.5) is 0 Å². The van der Waals surface area contributed by atoms with Gasteiger partial charge in [0, 0.05) is 5.56 Å². The summed E-state index contributed by atoms with van der Waals surface area (Å²) in [6.45, 7) is 3.90. The Morgan fingerprint density at radius 1 is 1.44 bits per heavy atom. The standard InChI is InChI=1S/C18H21N5OS/c1-3-12-4-6-13(7-5-12)16-20-17(23-22-16)25-10-15(24)21-18(2,11-19)14-8-9-14/h4-7,14H,3,8-10H2,1-2H3,(H,21,24)(H,20,22,23). The van der Waals surface area contributed by atoms with E-state index in [1.165, 1.54) is 17.3 Å². The molecule has 2 N–H and O–H groups in total. The van der Waals surface area contributed by atoms with Crippen LogP contribution in [-0.4, -0.2) is 32.4 Å². The molecule has 0 aliphatic heterocycles. The summed E-state index contributed by atoms with van der Waals surface area (Å²) in [5.41, 5.74) is 1.47. The highest BCUT2D eigenvalue weighted by molar-refractivity contribution is 7.99.